The highest BCUT2D eigenvalue weighted by molar-refractivity contribution is 5.98. The fourth-order valence-corrected chi connectivity index (χ4v) is 3.70. The Morgan fingerprint density at radius 2 is 1.85 bits per heavy atom. The summed E-state index contributed by atoms with van der Waals surface area (Å²) in [5, 5.41) is 0. The maximum atomic E-state index is 14.4. The molecule has 8 heteroatoms. The molecule has 0 radical (unpaired) electrons. The summed E-state index contributed by atoms with van der Waals surface area (Å²) in [6, 6.07) is 8.57. The zero-order valence-electron chi connectivity index (χ0n) is 14.7. The zero-order chi connectivity index (χ0) is 18.9. The van der Waals surface area contributed by atoms with E-state index >= 15 is 0 Å². The van der Waals surface area contributed by atoms with E-state index in [-0.39, 0.29) is 6.54 Å². The topological polar surface area (TPSA) is 58.6 Å². The van der Waals surface area contributed by atoms with Crippen LogP contribution in [0.15, 0.2) is 48.9 Å². The molecule has 142 valence electrons. The molecule has 0 saturated carbocycles. The molecule has 1 spiro atoms. The van der Waals surface area contributed by atoms with Crippen LogP contribution in [0.3, 0.4) is 0 Å². The van der Waals surface area contributed by atoms with E-state index in [2.05, 4.69) is 14.9 Å². The molecule has 0 unspecified atom stereocenters. The molecular formula is C19H20F2N4O2. The number of likely N-dealkylation sites (tertiary alicyclic amines) is 1. The molecule has 1 aromatic carbocycles. The Hall–Kier alpha value is -2.45. The van der Waals surface area contributed by atoms with Crippen molar-refractivity contribution in [2.45, 2.75) is 31.1 Å². The molecule has 4 rings (SSSR count). The second kappa shape index (κ2) is 6.94. The zero-order valence-corrected chi connectivity index (χ0v) is 14.7. The molecule has 1 aromatic heterocycles. The first-order valence-corrected chi connectivity index (χ1v) is 8.90. The van der Waals surface area contributed by atoms with Crippen LogP contribution in [0.2, 0.25) is 0 Å². The number of hydrogen-bond donors (Lipinski definition) is 0. The van der Waals surface area contributed by atoms with E-state index in [1.165, 1.54) is 0 Å². The van der Waals surface area contributed by atoms with Gasteiger partial charge < -0.3 is 9.64 Å². The second-order valence-electron chi connectivity index (χ2n) is 7.00. The number of amides is 1. The van der Waals surface area contributed by atoms with Gasteiger partial charge in [0.25, 0.3) is 0 Å². The van der Waals surface area contributed by atoms with Gasteiger partial charge in [-0.25, -0.2) is 0 Å². The van der Waals surface area contributed by atoms with Crippen LogP contribution in [0.1, 0.15) is 18.5 Å². The lowest BCUT2D eigenvalue weighted by Crippen LogP contribution is -2.64. The van der Waals surface area contributed by atoms with E-state index in [9.17, 15) is 13.6 Å². The summed E-state index contributed by atoms with van der Waals surface area (Å²) >= 11 is 0. The number of morpholine rings is 1. The number of ether oxygens (including phenoxy) is 1. The van der Waals surface area contributed by atoms with Gasteiger partial charge in [0.1, 0.15) is 0 Å². The van der Waals surface area contributed by atoms with E-state index in [0.29, 0.717) is 38.2 Å². The Labute approximate surface area is 155 Å². The van der Waals surface area contributed by atoms with Crippen molar-refractivity contribution in [3.05, 3.63) is 54.6 Å². The van der Waals surface area contributed by atoms with E-state index in [1.54, 1.807) is 48.9 Å². The molecule has 27 heavy (non-hydrogen) atoms. The molecule has 0 N–H and O–H groups in total. The summed E-state index contributed by atoms with van der Waals surface area (Å²) < 4.78 is 33.8. The van der Waals surface area contributed by atoms with Crippen molar-refractivity contribution < 1.29 is 18.3 Å². The Morgan fingerprint density at radius 3 is 2.52 bits per heavy atom. The molecule has 2 saturated heterocycles. The first-order chi connectivity index (χ1) is 13.0. The van der Waals surface area contributed by atoms with Crippen LogP contribution in [-0.2, 0) is 16.1 Å². The summed E-state index contributed by atoms with van der Waals surface area (Å²) in [6.07, 6.45) is 1.96. The summed E-state index contributed by atoms with van der Waals surface area (Å²) in [4.78, 5) is 23.8. The van der Waals surface area contributed by atoms with Crippen molar-refractivity contribution in [2.24, 2.45) is 0 Å². The maximum absolute atomic E-state index is 14.4. The van der Waals surface area contributed by atoms with Gasteiger partial charge in [0.05, 0.1) is 17.8 Å². The van der Waals surface area contributed by atoms with Gasteiger partial charge in [-0.15, -0.1) is 0 Å². The van der Waals surface area contributed by atoms with Crippen molar-refractivity contribution in [1.29, 1.82) is 0 Å². The SMILES string of the molecule is O=C1N(c2ccccc2)CC2(CCN(Cc3cnccn3)CC2)OC1(F)F. The number of nitrogens with zero attached hydrogens (tertiary/aromatic N) is 4. The summed E-state index contributed by atoms with van der Waals surface area (Å²) in [7, 11) is 0. The predicted molar refractivity (Wildman–Crippen MR) is 94.1 cm³/mol. The number of carbonyl (C=O) groups excluding carboxylic acids is 1. The average Bonchev–Trinajstić information content (AvgIpc) is 2.68. The third-order valence-corrected chi connectivity index (χ3v) is 5.12. The van der Waals surface area contributed by atoms with Crippen LogP contribution in [0.5, 0.6) is 0 Å². The minimum absolute atomic E-state index is 0.129. The van der Waals surface area contributed by atoms with Crippen LogP contribution in [0.4, 0.5) is 14.5 Å². The fourth-order valence-electron chi connectivity index (χ4n) is 3.70. The average molecular weight is 374 g/mol. The van der Waals surface area contributed by atoms with Gasteiger partial charge in [-0.1, -0.05) is 18.2 Å². The van der Waals surface area contributed by atoms with Gasteiger partial charge in [-0.05, 0) is 25.0 Å². The van der Waals surface area contributed by atoms with Gasteiger partial charge in [-0.2, -0.15) is 8.78 Å². The normalized spacial score (nSPS) is 22.1. The largest absolute Gasteiger partial charge is 0.437 e. The summed E-state index contributed by atoms with van der Waals surface area (Å²) in [6.45, 7) is 1.92. The van der Waals surface area contributed by atoms with Crippen molar-refractivity contribution in [3.63, 3.8) is 0 Å². The van der Waals surface area contributed by atoms with Crippen LogP contribution >= 0.6 is 0 Å². The first kappa shape index (κ1) is 17.9. The lowest BCUT2D eigenvalue weighted by atomic mass is 9.88. The number of para-hydroxylation sites is 1. The highest BCUT2D eigenvalue weighted by atomic mass is 19.3. The summed E-state index contributed by atoms with van der Waals surface area (Å²) in [5.74, 6) is -1.30. The molecule has 0 atom stereocenters. The van der Waals surface area contributed by atoms with Gasteiger partial charge in [-0.3, -0.25) is 19.7 Å². The molecule has 3 heterocycles. The molecule has 2 fully saturated rings. The predicted octanol–water partition coefficient (Wildman–Crippen LogP) is 2.47. The van der Waals surface area contributed by atoms with Gasteiger partial charge in [0.15, 0.2) is 0 Å². The standard InChI is InChI=1S/C19H20F2N4O2/c20-19(21)17(26)25(16-4-2-1-3-5-16)14-18(27-19)6-10-24(11-7-18)13-15-12-22-8-9-23-15/h1-5,8-9,12H,6-7,10-11,13-14H2. The monoisotopic (exact) mass is 374 g/mol. The fraction of sp³-hybridized carbons (Fsp3) is 0.421. The molecule has 0 aliphatic carbocycles. The lowest BCUT2D eigenvalue weighted by Gasteiger charge is -2.48. The number of carbonyl (C=O) groups is 1. The van der Waals surface area contributed by atoms with Crippen molar-refractivity contribution >= 4 is 11.6 Å². The number of benzene rings is 1. The van der Waals surface area contributed by atoms with Gasteiger partial charge in [0, 0.05) is 43.9 Å². The van der Waals surface area contributed by atoms with Gasteiger partial charge >= 0.3 is 12.0 Å². The van der Waals surface area contributed by atoms with E-state index in [1.807, 2.05) is 0 Å². The second-order valence-corrected chi connectivity index (χ2v) is 7.00. The quantitative estimate of drug-likeness (QED) is 0.826. The number of anilines is 1. The molecule has 2 aliphatic heterocycles. The van der Waals surface area contributed by atoms with Crippen LogP contribution in [-0.4, -0.2) is 52.1 Å². The molecule has 2 aliphatic rings. The number of aromatic nitrogens is 2. The van der Waals surface area contributed by atoms with E-state index < -0.39 is 17.6 Å². The van der Waals surface area contributed by atoms with Gasteiger partial charge in [0.2, 0.25) is 0 Å². The lowest BCUT2D eigenvalue weighted by molar-refractivity contribution is -0.293. The Kier molecular flexibility index (Phi) is 4.61. The van der Waals surface area contributed by atoms with E-state index in [4.69, 9.17) is 4.74 Å². The third-order valence-electron chi connectivity index (χ3n) is 5.12. The highest BCUT2D eigenvalue weighted by Gasteiger charge is 2.57. The highest BCUT2D eigenvalue weighted by Crippen LogP contribution is 2.40. The van der Waals surface area contributed by atoms with Crippen LogP contribution in [0.25, 0.3) is 0 Å². The molecule has 6 nitrogen and oxygen atoms in total. The Morgan fingerprint density at radius 1 is 1.11 bits per heavy atom. The maximum Gasteiger partial charge on any atom is 0.437 e. The van der Waals surface area contributed by atoms with Crippen molar-refractivity contribution in [2.75, 3.05) is 24.5 Å². The number of alkyl halides is 2. The molecular weight excluding hydrogens is 354 g/mol. The third kappa shape index (κ3) is 3.68. The molecule has 0 bridgehead atoms. The minimum atomic E-state index is -3.82. The minimum Gasteiger partial charge on any atom is -0.304 e. The number of rotatable bonds is 3. The molecule has 2 aromatic rings. The Bertz CT molecular complexity index is 796. The van der Waals surface area contributed by atoms with Crippen molar-refractivity contribution in [1.82, 2.24) is 14.9 Å². The van der Waals surface area contributed by atoms with E-state index in [0.717, 1.165) is 10.6 Å². The van der Waals surface area contributed by atoms with Crippen molar-refractivity contribution in [3.8, 4) is 0 Å². The summed E-state index contributed by atoms with van der Waals surface area (Å²) in [5.41, 5.74) is 0.253. The number of hydrogen-bond acceptors (Lipinski definition) is 5. The molecule has 1 amide bonds. The first-order valence-electron chi connectivity index (χ1n) is 8.90. The van der Waals surface area contributed by atoms with Crippen LogP contribution in [0, 0.1) is 0 Å². The Balaban J connectivity index is 1.49. The number of halogens is 2. The number of piperidine rings is 1. The smallest absolute Gasteiger partial charge is 0.304 e. The van der Waals surface area contributed by atoms with Crippen LogP contribution < -0.4 is 4.90 Å².